The zero-order valence-electron chi connectivity index (χ0n) is 16.2. The van der Waals surface area contributed by atoms with Crippen molar-refractivity contribution in [3.05, 3.63) is 66.2 Å². The maximum atomic E-state index is 13.3. The van der Waals surface area contributed by atoms with Crippen molar-refractivity contribution in [3.63, 3.8) is 0 Å². The third-order valence-corrected chi connectivity index (χ3v) is 6.20. The van der Waals surface area contributed by atoms with Gasteiger partial charge in [-0.05, 0) is 61.6 Å². The van der Waals surface area contributed by atoms with E-state index in [0.717, 1.165) is 36.7 Å². The first-order valence-corrected chi connectivity index (χ1v) is 10.2. The Morgan fingerprint density at radius 3 is 2.83 bits per heavy atom. The monoisotopic (exact) mass is 389 g/mol. The van der Waals surface area contributed by atoms with Crippen molar-refractivity contribution in [1.82, 2.24) is 14.8 Å². The van der Waals surface area contributed by atoms with Gasteiger partial charge in [0.1, 0.15) is 0 Å². The number of rotatable bonds is 2. The molecule has 2 fully saturated rings. The summed E-state index contributed by atoms with van der Waals surface area (Å²) in [6, 6.07) is 13.2. The molecule has 5 rings (SSSR count). The molecule has 0 spiro atoms. The molecule has 2 aliphatic rings. The normalized spacial score (nSPS) is 21.8. The standard InChI is InChI=1S/C23H23N3O3/c27-22(17-7-8-19-16(14-17)4-1-10-24-19)26-11-2-5-18-15-25(12-9-20(18)26)23(28)21-6-3-13-29-21/h1,3-4,6-8,10,13-14,18,20H,2,5,9,11-12,15H2/t18-,20+/m1/s1. The third-order valence-electron chi connectivity index (χ3n) is 6.20. The average Bonchev–Trinajstić information content (AvgIpc) is 3.32. The molecule has 2 saturated heterocycles. The van der Waals surface area contributed by atoms with E-state index in [2.05, 4.69) is 4.98 Å². The molecule has 0 saturated carbocycles. The van der Waals surface area contributed by atoms with Crippen molar-refractivity contribution in [2.75, 3.05) is 19.6 Å². The predicted octanol–water partition coefficient (Wildman–Crippen LogP) is 3.59. The number of pyridine rings is 1. The number of hydrogen-bond donors (Lipinski definition) is 0. The average molecular weight is 389 g/mol. The third kappa shape index (κ3) is 3.28. The van der Waals surface area contributed by atoms with E-state index in [4.69, 9.17) is 4.42 Å². The number of carbonyl (C=O) groups excluding carboxylic acids is 2. The maximum Gasteiger partial charge on any atom is 0.289 e. The molecule has 2 aliphatic heterocycles. The Hall–Kier alpha value is -3.15. The van der Waals surface area contributed by atoms with Crippen LogP contribution in [0.1, 0.15) is 40.2 Å². The summed E-state index contributed by atoms with van der Waals surface area (Å²) in [5.74, 6) is 0.717. The van der Waals surface area contributed by atoms with Crippen LogP contribution in [-0.4, -0.2) is 52.3 Å². The number of furan rings is 1. The second-order valence-corrected chi connectivity index (χ2v) is 7.90. The van der Waals surface area contributed by atoms with Gasteiger partial charge in [0.2, 0.25) is 0 Å². The molecule has 0 unspecified atom stereocenters. The molecule has 1 aromatic carbocycles. The van der Waals surface area contributed by atoms with E-state index in [1.165, 1.54) is 6.26 Å². The Morgan fingerprint density at radius 1 is 1.03 bits per heavy atom. The highest BCUT2D eigenvalue weighted by molar-refractivity contribution is 5.98. The van der Waals surface area contributed by atoms with Crippen LogP contribution < -0.4 is 0 Å². The minimum atomic E-state index is -0.0565. The van der Waals surface area contributed by atoms with E-state index in [-0.39, 0.29) is 17.9 Å². The molecular weight excluding hydrogens is 366 g/mol. The first-order chi connectivity index (χ1) is 14.2. The number of benzene rings is 1. The maximum absolute atomic E-state index is 13.3. The van der Waals surface area contributed by atoms with Gasteiger partial charge in [-0.25, -0.2) is 0 Å². The predicted molar refractivity (Wildman–Crippen MR) is 109 cm³/mol. The summed E-state index contributed by atoms with van der Waals surface area (Å²) in [5, 5.41) is 0.978. The van der Waals surface area contributed by atoms with Gasteiger partial charge < -0.3 is 14.2 Å². The molecule has 0 N–H and O–H groups in total. The van der Waals surface area contributed by atoms with Gasteiger partial charge in [0.15, 0.2) is 5.76 Å². The number of aromatic nitrogens is 1. The quantitative estimate of drug-likeness (QED) is 0.672. The lowest BCUT2D eigenvalue weighted by Gasteiger charge is -2.47. The summed E-state index contributed by atoms with van der Waals surface area (Å²) in [5.41, 5.74) is 1.60. The largest absolute Gasteiger partial charge is 0.459 e. The number of piperidine rings is 2. The molecule has 6 nitrogen and oxygen atoms in total. The molecule has 6 heteroatoms. The molecule has 0 aliphatic carbocycles. The van der Waals surface area contributed by atoms with Crippen LogP contribution in [-0.2, 0) is 0 Å². The molecule has 4 heterocycles. The lowest BCUT2D eigenvalue weighted by Crippen LogP contribution is -2.56. The Bertz CT molecular complexity index is 1050. The molecule has 2 atom stereocenters. The zero-order chi connectivity index (χ0) is 19.8. The molecule has 148 valence electrons. The fourth-order valence-corrected chi connectivity index (χ4v) is 4.77. The van der Waals surface area contributed by atoms with Crippen LogP contribution >= 0.6 is 0 Å². The Labute approximate surface area is 169 Å². The number of nitrogens with zero attached hydrogens (tertiary/aromatic N) is 3. The summed E-state index contributed by atoms with van der Waals surface area (Å²) in [6.45, 7) is 2.10. The molecule has 29 heavy (non-hydrogen) atoms. The second kappa shape index (κ2) is 7.35. The lowest BCUT2D eigenvalue weighted by atomic mass is 9.83. The summed E-state index contributed by atoms with van der Waals surface area (Å²) in [7, 11) is 0. The first kappa shape index (κ1) is 17.9. The van der Waals surface area contributed by atoms with Gasteiger partial charge in [-0.3, -0.25) is 14.6 Å². The van der Waals surface area contributed by atoms with Crippen molar-refractivity contribution in [3.8, 4) is 0 Å². The van der Waals surface area contributed by atoms with Crippen molar-refractivity contribution in [1.29, 1.82) is 0 Å². The number of hydrogen-bond acceptors (Lipinski definition) is 4. The van der Waals surface area contributed by atoms with Crippen molar-refractivity contribution < 1.29 is 14.0 Å². The highest BCUT2D eigenvalue weighted by Gasteiger charge is 2.40. The van der Waals surface area contributed by atoms with Crippen LogP contribution in [0.25, 0.3) is 10.9 Å². The van der Waals surface area contributed by atoms with Crippen LogP contribution in [0.2, 0.25) is 0 Å². The highest BCUT2D eigenvalue weighted by atomic mass is 16.3. The molecule has 0 bridgehead atoms. The number of amides is 2. The summed E-state index contributed by atoms with van der Waals surface area (Å²) < 4.78 is 5.28. The number of fused-ring (bicyclic) bond motifs is 2. The van der Waals surface area contributed by atoms with E-state index in [1.807, 2.05) is 40.1 Å². The van der Waals surface area contributed by atoms with Crippen molar-refractivity contribution >= 4 is 22.7 Å². The Morgan fingerprint density at radius 2 is 1.97 bits per heavy atom. The minimum absolute atomic E-state index is 0.0565. The first-order valence-electron chi connectivity index (χ1n) is 10.2. The molecule has 3 aromatic rings. The highest BCUT2D eigenvalue weighted by Crippen LogP contribution is 2.32. The number of carbonyl (C=O) groups is 2. The molecule has 2 aromatic heterocycles. The lowest BCUT2D eigenvalue weighted by molar-refractivity contribution is 0.0187. The van der Waals surface area contributed by atoms with Gasteiger partial charge >= 0.3 is 0 Å². The fraction of sp³-hybridized carbons (Fsp3) is 0.348. The fourth-order valence-electron chi connectivity index (χ4n) is 4.77. The van der Waals surface area contributed by atoms with Crippen LogP contribution in [0.3, 0.4) is 0 Å². The van der Waals surface area contributed by atoms with Gasteiger partial charge in [0.25, 0.3) is 11.8 Å². The van der Waals surface area contributed by atoms with E-state index >= 15 is 0 Å². The molecular formula is C23H23N3O3. The van der Waals surface area contributed by atoms with Gasteiger partial charge in [-0.1, -0.05) is 6.07 Å². The topological polar surface area (TPSA) is 66.7 Å². The molecule has 2 amide bonds. The van der Waals surface area contributed by atoms with Crippen LogP contribution in [0.15, 0.2) is 59.3 Å². The number of likely N-dealkylation sites (tertiary alicyclic amines) is 2. The van der Waals surface area contributed by atoms with Gasteiger partial charge in [0, 0.05) is 42.8 Å². The zero-order valence-corrected chi connectivity index (χ0v) is 16.2. The van der Waals surface area contributed by atoms with E-state index in [1.54, 1.807) is 18.3 Å². The second-order valence-electron chi connectivity index (χ2n) is 7.90. The van der Waals surface area contributed by atoms with Crippen LogP contribution in [0.5, 0.6) is 0 Å². The van der Waals surface area contributed by atoms with Gasteiger partial charge in [0.05, 0.1) is 11.8 Å². The van der Waals surface area contributed by atoms with E-state index in [0.29, 0.717) is 30.3 Å². The molecule has 0 radical (unpaired) electrons. The summed E-state index contributed by atoms with van der Waals surface area (Å²) >= 11 is 0. The van der Waals surface area contributed by atoms with Gasteiger partial charge in [-0.2, -0.15) is 0 Å². The van der Waals surface area contributed by atoms with E-state index < -0.39 is 0 Å². The smallest absolute Gasteiger partial charge is 0.289 e. The van der Waals surface area contributed by atoms with Crippen molar-refractivity contribution in [2.24, 2.45) is 5.92 Å². The Balaban J connectivity index is 1.34. The van der Waals surface area contributed by atoms with Gasteiger partial charge in [-0.15, -0.1) is 0 Å². The Kier molecular flexibility index (Phi) is 4.54. The van der Waals surface area contributed by atoms with Crippen molar-refractivity contribution in [2.45, 2.75) is 25.3 Å². The summed E-state index contributed by atoms with van der Waals surface area (Å²) in [4.78, 5) is 34.2. The minimum Gasteiger partial charge on any atom is -0.459 e. The van der Waals surface area contributed by atoms with Crippen LogP contribution in [0.4, 0.5) is 0 Å². The SMILES string of the molecule is O=C(c1ccco1)N1CC[C@H]2[C@H](CCCN2C(=O)c2ccc3ncccc3c2)C1. The van der Waals surface area contributed by atoms with Crippen LogP contribution in [0, 0.1) is 5.92 Å². The van der Waals surface area contributed by atoms with E-state index in [9.17, 15) is 9.59 Å². The summed E-state index contributed by atoms with van der Waals surface area (Å²) in [6.07, 6.45) is 6.10.